The van der Waals surface area contributed by atoms with Crippen LogP contribution in [-0.4, -0.2) is 60.8 Å². The Morgan fingerprint density at radius 3 is 0.900 bits per heavy atom. The molecule has 2 unspecified atom stereocenters. The summed E-state index contributed by atoms with van der Waals surface area (Å²) in [5.74, 6) is -1.67. The molecular weight excluding hydrogens is 896 g/mol. The number of fused-ring (bicyclic) bond motifs is 2. The molecule has 12 heteroatoms. The largest absolute Gasteiger partial charge is 3.00 e. The summed E-state index contributed by atoms with van der Waals surface area (Å²) in [6.07, 6.45) is 6.52. The van der Waals surface area contributed by atoms with Crippen molar-refractivity contribution in [3.63, 3.8) is 0 Å². The number of carboxylic acid groups (broad SMARTS) is 2. The van der Waals surface area contributed by atoms with Crippen LogP contribution in [0.4, 0.5) is 11.4 Å². The molecule has 2 aliphatic rings. The summed E-state index contributed by atoms with van der Waals surface area (Å²) in [7, 11) is 0. The topological polar surface area (TPSA) is 208 Å². The van der Waals surface area contributed by atoms with Crippen molar-refractivity contribution in [1.29, 1.82) is 0 Å². The van der Waals surface area contributed by atoms with Crippen molar-refractivity contribution in [2.45, 2.75) is 24.9 Å². The number of para-hydroxylation sites is 2. The van der Waals surface area contributed by atoms with E-state index in [1.54, 1.807) is 98.8 Å². The van der Waals surface area contributed by atoms with Gasteiger partial charge in [-0.1, -0.05) is 200 Å². The van der Waals surface area contributed by atoms with E-state index in [9.17, 15) is 35.1 Å². The molecule has 2 aliphatic heterocycles. The number of rotatable bonds is 5. The molecule has 8 aromatic rings. The van der Waals surface area contributed by atoms with E-state index >= 15 is 0 Å². The Morgan fingerprint density at radius 1 is 0.386 bits per heavy atom. The molecule has 348 valence electrons. The van der Waals surface area contributed by atoms with Crippen LogP contribution in [0.1, 0.15) is 25.0 Å². The molecule has 0 spiro atoms. The minimum atomic E-state index is -1.16. The maximum absolute atomic E-state index is 11.0. The van der Waals surface area contributed by atoms with E-state index < -0.39 is 23.0 Å². The fourth-order valence-electron chi connectivity index (χ4n) is 6.86. The molecule has 0 saturated heterocycles. The van der Waals surface area contributed by atoms with Crippen molar-refractivity contribution < 1.29 is 45.3 Å². The molecule has 2 heterocycles. The van der Waals surface area contributed by atoms with Gasteiger partial charge in [-0.2, -0.15) is 0 Å². The Hall–Kier alpha value is -8.69. The SMILES string of the molecule is CC1(C(=O)O)C=Cc2cccc(O)c2N1.CC1(C(=O)O)C=Cc2cccc(O)c2N1.[Al+3].[O-]c1ccc(-c2ccccc2)cc1.[O-]c1ccc(-c2ccccc2)cc1.[O-]c1ccc(-c2ccccc2)cc1. The summed E-state index contributed by atoms with van der Waals surface area (Å²) in [5.41, 5.74) is 6.85. The van der Waals surface area contributed by atoms with E-state index in [1.165, 1.54) is 12.1 Å². The number of anilines is 2. The van der Waals surface area contributed by atoms with Crippen molar-refractivity contribution in [2.24, 2.45) is 0 Å². The molecular formula is C58H49AlN2O9. The van der Waals surface area contributed by atoms with Gasteiger partial charge in [0.2, 0.25) is 0 Å². The summed E-state index contributed by atoms with van der Waals surface area (Å²) >= 11 is 0. The fraction of sp³-hybridized carbons (Fsp3) is 0.0690. The maximum Gasteiger partial charge on any atom is 3.00 e. The Balaban J connectivity index is 0.000000163. The van der Waals surface area contributed by atoms with Crippen LogP contribution in [0.2, 0.25) is 0 Å². The number of phenols is 2. The number of aliphatic carboxylic acids is 2. The predicted molar refractivity (Wildman–Crippen MR) is 273 cm³/mol. The average molecular weight is 945 g/mol. The normalized spacial score (nSPS) is 15.3. The van der Waals surface area contributed by atoms with E-state index in [0.29, 0.717) is 11.4 Å². The van der Waals surface area contributed by atoms with E-state index in [0.717, 1.165) is 44.5 Å². The first-order valence-electron chi connectivity index (χ1n) is 21.7. The molecule has 0 bridgehead atoms. The van der Waals surface area contributed by atoms with Gasteiger partial charge >= 0.3 is 29.3 Å². The summed E-state index contributed by atoms with van der Waals surface area (Å²) in [6, 6.07) is 60.7. The van der Waals surface area contributed by atoms with Crippen molar-refractivity contribution in [3.8, 4) is 62.1 Å². The number of carbonyl (C=O) groups is 2. The molecule has 8 aromatic carbocycles. The zero-order valence-corrected chi connectivity index (χ0v) is 39.4. The molecule has 0 saturated carbocycles. The van der Waals surface area contributed by atoms with Crippen molar-refractivity contribution in [1.82, 2.24) is 0 Å². The van der Waals surface area contributed by atoms with Gasteiger partial charge in [0.25, 0.3) is 0 Å². The summed E-state index contributed by atoms with van der Waals surface area (Å²) in [5, 5.41) is 75.4. The third-order valence-electron chi connectivity index (χ3n) is 10.9. The second-order valence-electron chi connectivity index (χ2n) is 16.1. The van der Waals surface area contributed by atoms with Gasteiger partial charge in [-0.05, 0) is 71.5 Å². The minimum absolute atomic E-state index is 0. The van der Waals surface area contributed by atoms with Crippen LogP contribution in [-0.2, 0) is 9.59 Å². The first-order valence-corrected chi connectivity index (χ1v) is 21.7. The number of carboxylic acids is 2. The molecule has 0 fully saturated rings. The third-order valence-corrected chi connectivity index (χ3v) is 10.9. The molecule has 10 rings (SSSR count). The van der Waals surface area contributed by atoms with Gasteiger partial charge in [-0.15, -0.1) is 17.2 Å². The minimum Gasteiger partial charge on any atom is -0.872 e. The fourth-order valence-corrected chi connectivity index (χ4v) is 6.86. The van der Waals surface area contributed by atoms with Crippen LogP contribution in [0.3, 0.4) is 0 Å². The van der Waals surface area contributed by atoms with Crippen molar-refractivity contribution in [2.75, 3.05) is 10.6 Å². The van der Waals surface area contributed by atoms with E-state index in [4.69, 9.17) is 10.2 Å². The molecule has 70 heavy (non-hydrogen) atoms. The molecule has 0 aliphatic carbocycles. The van der Waals surface area contributed by atoms with Crippen LogP contribution in [0.15, 0.2) is 212 Å². The average Bonchev–Trinajstić information content (AvgIpc) is 3.37. The second kappa shape index (κ2) is 24.4. The molecule has 0 radical (unpaired) electrons. The van der Waals surface area contributed by atoms with Gasteiger partial charge in [-0.3, -0.25) is 0 Å². The molecule has 6 N–H and O–H groups in total. The zero-order valence-electron chi connectivity index (χ0n) is 38.3. The maximum atomic E-state index is 11.0. The number of hydrogen-bond donors (Lipinski definition) is 6. The Bertz CT molecular complexity index is 2730. The van der Waals surface area contributed by atoms with E-state index in [2.05, 4.69) is 10.6 Å². The Kier molecular flexibility index (Phi) is 18.2. The molecule has 2 atom stereocenters. The van der Waals surface area contributed by atoms with Crippen LogP contribution in [0.5, 0.6) is 28.7 Å². The second-order valence-corrected chi connectivity index (χ2v) is 16.1. The van der Waals surface area contributed by atoms with E-state index in [1.807, 2.05) is 127 Å². The van der Waals surface area contributed by atoms with Gasteiger partial charge in [0.1, 0.15) is 11.5 Å². The van der Waals surface area contributed by atoms with Gasteiger partial charge in [-0.25, -0.2) is 9.59 Å². The number of hydrogen-bond acceptors (Lipinski definition) is 9. The van der Waals surface area contributed by atoms with Crippen molar-refractivity contribution in [3.05, 3.63) is 223 Å². The number of nitrogens with one attached hydrogen (secondary N) is 2. The first-order chi connectivity index (χ1) is 33.1. The summed E-state index contributed by atoms with van der Waals surface area (Å²) in [6.45, 7) is 3.09. The summed E-state index contributed by atoms with van der Waals surface area (Å²) < 4.78 is 0. The van der Waals surface area contributed by atoms with Crippen LogP contribution in [0, 0.1) is 0 Å². The Labute approximate surface area is 417 Å². The van der Waals surface area contributed by atoms with Crippen molar-refractivity contribution >= 4 is 52.8 Å². The quantitative estimate of drug-likeness (QED) is 0.0707. The molecule has 0 aromatic heterocycles. The van der Waals surface area contributed by atoms with Gasteiger partial charge in [0.15, 0.2) is 11.1 Å². The zero-order chi connectivity index (χ0) is 49.4. The molecule has 11 nitrogen and oxygen atoms in total. The van der Waals surface area contributed by atoms with Gasteiger partial charge < -0.3 is 46.4 Å². The predicted octanol–water partition coefficient (Wildman–Crippen LogP) is 10.2. The van der Waals surface area contributed by atoms with E-state index in [-0.39, 0.29) is 46.1 Å². The van der Waals surface area contributed by atoms with Crippen LogP contribution >= 0.6 is 0 Å². The first kappa shape index (κ1) is 52.3. The Morgan fingerprint density at radius 2 is 0.643 bits per heavy atom. The number of phenolic OH excluding ortho intramolecular Hbond substituents is 2. The smallest absolute Gasteiger partial charge is 0.872 e. The monoisotopic (exact) mass is 944 g/mol. The van der Waals surface area contributed by atoms with Crippen LogP contribution < -0.4 is 26.0 Å². The third kappa shape index (κ3) is 14.2. The summed E-state index contributed by atoms with van der Waals surface area (Å²) in [4.78, 5) is 22.0. The van der Waals surface area contributed by atoms with Gasteiger partial charge in [0, 0.05) is 11.1 Å². The number of benzene rings is 8. The standard InChI is InChI=1S/3C12H10O.2C11H11NO3.Al/c3*13-12-8-6-11(7-9-12)10-4-2-1-3-5-10;2*1-11(10(14)15)6-5-7-3-2-4-8(13)9(7)12-11;/h3*1-9,13H;2*2-6,12-13H,1H3,(H,14,15);/q;;;;;+3/p-3. The van der Waals surface area contributed by atoms with Gasteiger partial charge in [0.05, 0.1) is 11.4 Å². The molecule has 0 amide bonds. The number of aromatic hydroxyl groups is 2. The van der Waals surface area contributed by atoms with Crippen LogP contribution in [0.25, 0.3) is 45.5 Å².